The molecule has 1 aromatic rings. The van der Waals surface area contributed by atoms with Crippen molar-refractivity contribution in [1.29, 1.82) is 0 Å². The van der Waals surface area contributed by atoms with Crippen LogP contribution in [0.3, 0.4) is 0 Å². The Hall–Kier alpha value is -1.02. The van der Waals surface area contributed by atoms with E-state index in [2.05, 4.69) is 0 Å². The Morgan fingerprint density at radius 3 is 2.77 bits per heavy atom. The highest BCUT2D eigenvalue weighted by Gasteiger charge is 2.39. The zero-order valence-corrected chi connectivity index (χ0v) is 19.0. The molecule has 1 fully saturated rings. The summed E-state index contributed by atoms with van der Waals surface area (Å²) in [6, 6.07) is 1.94. The van der Waals surface area contributed by atoms with Gasteiger partial charge < -0.3 is 20.4 Å². The molecule has 0 spiro atoms. The third-order valence-electron chi connectivity index (χ3n) is 5.64. The molecule has 0 unspecified atom stereocenters. The van der Waals surface area contributed by atoms with Crippen LogP contribution >= 0.6 is 22.9 Å². The van der Waals surface area contributed by atoms with E-state index < -0.39 is 24.9 Å². The minimum Gasteiger partial charge on any atom is -0.393 e. The number of rotatable bonds is 12. The Morgan fingerprint density at radius 2 is 2.10 bits per heavy atom. The maximum Gasteiger partial charge on any atom is 0.158 e. The maximum absolute atomic E-state index is 11.1. The summed E-state index contributed by atoms with van der Waals surface area (Å²) in [5.41, 5.74) is 0. The first-order chi connectivity index (χ1) is 14.3. The summed E-state index contributed by atoms with van der Waals surface area (Å²) < 4.78 is 0. The van der Waals surface area contributed by atoms with Gasteiger partial charge in [0.2, 0.25) is 0 Å². The molecule has 0 amide bonds. The van der Waals surface area contributed by atoms with Crippen molar-refractivity contribution in [2.24, 2.45) is 11.8 Å². The Labute approximate surface area is 187 Å². The fourth-order valence-corrected chi connectivity index (χ4v) is 5.12. The summed E-state index contributed by atoms with van der Waals surface area (Å²) >= 11 is 7.72. The van der Waals surface area contributed by atoms with Crippen molar-refractivity contribution < 1.29 is 25.2 Å². The zero-order valence-electron chi connectivity index (χ0n) is 17.4. The number of carbonyl (C=O) groups is 1. The van der Waals surface area contributed by atoms with E-state index in [1.54, 1.807) is 17.4 Å². The molecule has 1 aliphatic carbocycles. The van der Waals surface area contributed by atoms with Gasteiger partial charge in [0, 0.05) is 28.5 Å². The van der Waals surface area contributed by atoms with Crippen molar-refractivity contribution in [3.05, 3.63) is 45.1 Å². The van der Waals surface area contributed by atoms with Crippen LogP contribution in [0.2, 0.25) is 5.02 Å². The molecule has 168 valence electrons. The van der Waals surface area contributed by atoms with Crippen LogP contribution in [0.1, 0.15) is 48.3 Å². The molecule has 0 bridgehead atoms. The van der Waals surface area contributed by atoms with Gasteiger partial charge in [0.05, 0.1) is 23.3 Å². The Morgan fingerprint density at radius 1 is 1.33 bits per heavy atom. The largest absolute Gasteiger partial charge is 0.393 e. The molecule has 1 aliphatic rings. The van der Waals surface area contributed by atoms with Gasteiger partial charge in [-0.05, 0) is 51.0 Å². The number of carbonyl (C=O) groups excluding carboxylic acids is 1. The van der Waals surface area contributed by atoms with Crippen LogP contribution in [0, 0.1) is 18.8 Å². The van der Waals surface area contributed by atoms with Crippen LogP contribution in [-0.2, 0) is 11.2 Å². The van der Waals surface area contributed by atoms with Crippen molar-refractivity contribution in [1.82, 2.24) is 0 Å². The minimum absolute atomic E-state index is 0.0995. The Kier molecular flexibility index (Phi) is 10.7. The third kappa shape index (κ3) is 7.91. The van der Waals surface area contributed by atoms with E-state index >= 15 is 0 Å². The normalized spacial score (nSPS) is 25.5. The Bertz CT molecular complexity index is 710. The number of unbranched alkanes of at least 4 members (excludes halogenated alkanes) is 1. The van der Waals surface area contributed by atoms with Crippen molar-refractivity contribution in [3.63, 3.8) is 0 Å². The summed E-state index contributed by atoms with van der Waals surface area (Å²) in [6.07, 6.45) is 9.79. The van der Waals surface area contributed by atoms with E-state index in [-0.39, 0.29) is 17.6 Å². The molecule has 2 rings (SSSR count). The second-order valence-electron chi connectivity index (χ2n) is 8.02. The first-order valence-electron chi connectivity index (χ1n) is 10.6. The van der Waals surface area contributed by atoms with Gasteiger partial charge in [-0.2, -0.15) is 0 Å². The van der Waals surface area contributed by atoms with Crippen LogP contribution in [0.5, 0.6) is 0 Å². The monoisotopic (exact) mass is 456 g/mol. The summed E-state index contributed by atoms with van der Waals surface area (Å²) in [4.78, 5) is 13.3. The van der Waals surface area contributed by atoms with E-state index in [0.717, 1.165) is 27.6 Å². The molecule has 7 heteroatoms. The topological polar surface area (TPSA) is 98.0 Å². The number of thiophene rings is 1. The maximum atomic E-state index is 11.1. The van der Waals surface area contributed by atoms with E-state index in [1.165, 1.54) is 0 Å². The summed E-state index contributed by atoms with van der Waals surface area (Å²) in [5, 5.41) is 40.4. The van der Waals surface area contributed by atoms with Crippen molar-refractivity contribution in [3.8, 4) is 0 Å². The summed E-state index contributed by atoms with van der Waals surface area (Å²) in [6.45, 7) is 1.57. The molecule has 30 heavy (non-hydrogen) atoms. The van der Waals surface area contributed by atoms with Crippen molar-refractivity contribution in [2.75, 3.05) is 6.61 Å². The highest BCUT2D eigenvalue weighted by Crippen LogP contribution is 2.36. The molecule has 0 saturated heterocycles. The molecule has 4 N–H and O–H groups in total. The predicted octanol–water partition coefficient (Wildman–Crippen LogP) is 3.60. The molecule has 5 nitrogen and oxygen atoms in total. The molecule has 1 aromatic heterocycles. The number of ketones is 1. The van der Waals surface area contributed by atoms with Crippen LogP contribution < -0.4 is 0 Å². The highest BCUT2D eigenvalue weighted by molar-refractivity contribution is 7.12. The number of aliphatic hydroxyl groups excluding tert-OH is 4. The lowest BCUT2D eigenvalue weighted by Crippen LogP contribution is -2.20. The number of hydrogen-bond donors (Lipinski definition) is 4. The van der Waals surface area contributed by atoms with Gasteiger partial charge in [0.1, 0.15) is 6.61 Å². The van der Waals surface area contributed by atoms with Gasteiger partial charge in [0.15, 0.2) is 5.78 Å². The number of aryl methyl sites for hydroxylation is 2. The predicted molar refractivity (Wildman–Crippen MR) is 121 cm³/mol. The van der Waals surface area contributed by atoms with Gasteiger partial charge in [-0.3, -0.25) is 4.79 Å². The van der Waals surface area contributed by atoms with E-state index in [1.807, 2.05) is 31.2 Å². The van der Waals surface area contributed by atoms with Gasteiger partial charge in [-0.15, -0.1) is 11.3 Å². The van der Waals surface area contributed by atoms with E-state index in [4.69, 9.17) is 16.7 Å². The van der Waals surface area contributed by atoms with Crippen molar-refractivity contribution in [2.45, 2.75) is 70.2 Å². The number of hydrogen-bond acceptors (Lipinski definition) is 6. The lowest BCUT2D eigenvalue weighted by molar-refractivity contribution is -0.121. The number of allylic oxidation sites excluding steroid dienone is 2. The van der Waals surface area contributed by atoms with Gasteiger partial charge in [0.25, 0.3) is 0 Å². The van der Waals surface area contributed by atoms with E-state index in [0.29, 0.717) is 32.1 Å². The van der Waals surface area contributed by atoms with Gasteiger partial charge in [-0.1, -0.05) is 35.9 Å². The second-order valence-corrected chi connectivity index (χ2v) is 9.76. The van der Waals surface area contributed by atoms with Crippen LogP contribution in [0.15, 0.2) is 30.4 Å². The molecular formula is C23H33ClO5S. The third-order valence-corrected chi connectivity index (χ3v) is 7.26. The highest BCUT2D eigenvalue weighted by atomic mass is 35.5. The number of Topliss-reactive ketones (excluding diaryl/α,β-unsaturated/α-hetero) is 1. The van der Waals surface area contributed by atoms with Crippen molar-refractivity contribution >= 4 is 28.7 Å². The van der Waals surface area contributed by atoms with E-state index in [9.17, 15) is 20.1 Å². The Balaban J connectivity index is 1.81. The fraction of sp³-hybridized carbons (Fsp3) is 0.609. The fourth-order valence-electron chi connectivity index (χ4n) is 3.86. The van der Waals surface area contributed by atoms with Gasteiger partial charge >= 0.3 is 0 Å². The molecule has 0 radical (unpaired) electrons. The SMILES string of the molecule is Cc1sc(CC[C@@H](O)/C=C/[C@@H]2[C@@H](C/C=C\CCCC(=O)CO)[C@@H](O)C[C@H]2O)cc1Cl. The first kappa shape index (κ1) is 25.2. The molecular weight excluding hydrogens is 424 g/mol. The van der Waals surface area contributed by atoms with Gasteiger partial charge in [-0.25, -0.2) is 0 Å². The average molecular weight is 457 g/mol. The second kappa shape index (κ2) is 12.7. The first-order valence-corrected chi connectivity index (χ1v) is 11.8. The summed E-state index contributed by atoms with van der Waals surface area (Å²) in [7, 11) is 0. The smallest absolute Gasteiger partial charge is 0.158 e. The minimum atomic E-state index is -0.622. The standard InChI is InChI=1S/C23H33ClO5S/c1-15-21(24)12-18(30-15)10-8-16(26)9-11-20-19(22(28)13-23(20)29)7-5-3-2-4-6-17(27)14-25/h3,5,9,11-12,16,19-20,22-23,25-26,28-29H,2,4,6-8,10,13-14H2,1H3/b5-3-,11-9+/t16-,19-,20-,22+,23-/m1/s1. The lowest BCUT2D eigenvalue weighted by Gasteiger charge is -2.19. The number of aliphatic hydroxyl groups is 4. The van der Waals surface area contributed by atoms with Crippen LogP contribution in [0.25, 0.3) is 0 Å². The molecule has 0 aromatic carbocycles. The quantitative estimate of drug-likeness (QED) is 0.284. The zero-order chi connectivity index (χ0) is 22.1. The van der Waals surface area contributed by atoms with Crippen LogP contribution in [-0.4, -0.2) is 51.1 Å². The average Bonchev–Trinajstić information content (AvgIpc) is 3.17. The molecule has 0 aliphatic heterocycles. The molecule has 5 atom stereocenters. The van der Waals surface area contributed by atoms with Crippen LogP contribution in [0.4, 0.5) is 0 Å². The lowest BCUT2D eigenvalue weighted by atomic mass is 9.89. The molecule has 1 saturated carbocycles. The molecule has 1 heterocycles. The number of halogens is 1. The summed E-state index contributed by atoms with van der Waals surface area (Å²) in [5.74, 6) is -0.454.